The molecule has 0 bridgehead atoms. The zero-order chi connectivity index (χ0) is 23.3. The SMILES string of the molecule is COc1cc(C(=O)N(Cc2ccccn2)c2ccc(Cl)cc2)c([N+](=O)[O-])c(OC)c1OC. The second-order valence-electron chi connectivity index (χ2n) is 6.49. The molecule has 0 aliphatic carbocycles. The number of halogens is 1. The Hall–Kier alpha value is -3.85. The van der Waals surface area contributed by atoms with Gasteiger partial charge in [0.05, 0.1) is 38.5 Å². The average molecular weight is 458 g/mol. The molecule has 0 fully saturated rings. The predicted molar refractivity (Wildman–Crippen MR) is 119 cm³/mol. The summed E-state index contributed by atoms with van der Waals surface area (Å²) in [7, 11) is 3.94. The Kier molecular flexibility index (Phi) is 7.11. The summed E-state index contributed by atoms with van der Waals surface area (Å²) in [6.07, 6.45) is 1.60. The summed E-state index contributed by atoms with van der Waals surface area (Å²) in [5, 5.41) is 12.4. The fraction of sp³-hybridized carbons (Fsp3) is 0.182. The molecule has 0 unspecified atom stereocenters. The Morgan fingerprint density at radius 2 is 1.75 bits per heavy atom. The topological polar surface area (TPSA) is 104 Å². The quantitative estimate of drug-likeness (QED) is 0.362. The molecule has 10 heteroatoms. The van der Waals surface area contributed by atoms with E-state index in [4.69, 9.17) is 25.8 Å². The number of pyridine rings is 1. The van der Waals surface area contributed by atoms with Gasteiger partial charge in [0.25, 0.3) is 5.91 Å². The van der Waals surface area contributed by atoms with Gasteiger partial charge < -0.3 is 19.1 Å². The molecule has 0 atom stereocenters. The van der Waals surface area contributed by atoms with E-state index in [-0.39, 0.29) is 29.4 Å². The molecule has 1 aromatic heterocycles. The molecule has 0 saturated carbocycles. The van der Waals surface area contributed by atoms with E-state index >= 15 is 0 Å². The van der Waals surface area contributed by atoms with E-state index in [9.17, 15) is 14.9 Å². The van der Waals surface area contributed by atoms with Crippen LogP contribution in [-0.4, -0.2) is 37.1 Å². The summed E-state index contributed by atoms with van der Waals surface area (Å²) in [4.78, 5) is 30.6. The Labute approximate surface area is 189 Å². The highest BCUT2D eigenvalue weighted by Crippen LogP contribution is 2.46. The molecule has 1 heterocycles. The first-order valence-electron chi connectivity index (χ1n) is 9.36. The first-order valence-corrected chi connectivity index (χ1v) is 9.73. The van der Waals surface area contributed by atoms with Crippen LogP contribution in [0.3, 0.4) is 0 Å². The third-order valence-corrected chi connectivity index (χ3v) is 4.90. The molecule has 3 aromatic rings. The lowest BCUT2D eigenvalue weighted by Crippen LogP contribution is -2.31. The van der Waals surface area contributed by atoms with Crippen molar-refractivity contribution in [3.63, 3.8) is 0 Å². The maximum Gasteiger partial charge on any atom is 0.327 e. The summed E-state index contributed by atoms with van der Waals surface area (Å²) >= 11 is 6.00. The van der Waals surface area contributed by atoms with Crippen LogP contribution in [-0.2, 0) is 6.54 Å². The molecule has 0 N–H and O–H groups in total. The summed E-state index contributed by atoms with van der Waals surface area (Å²) in [6.45, 7) is 0.0646. The molecule has 0 aliphatic heterocycles. The van der Waals surface area contributed by atoms with Crippen molar-refractivity contribution in [2.24, 2.45) is 0 Å². The summed E-state index contributed by atoms with van der Waals surface area (Å²) in [6, 6.07) is 13.1. The molecule has 0 aliphatic rings. The van der Waals surface area contributed by atoms with Crippen molar-refractivity contribution in [3.05, 3.63) is 81.1 Å². The zero-order valence-electron chi connectivity index (χ0n) is 17.6. The first-order chi connectivity index (χ1) is 15.4. The predicted octanol–water partition coefficient (Wildman–Crippen LogP) is 4.52. The minimum absolute atomic E-state index is 0.0148. The number of ether oxygens (including phenoxy) is 3. The number of anilines is 1. The van der Waals surface area contributed by atoms with Crippen molar-refractivity contribution in [3.8, 4) is 17.2 Å². The van der Waals surface area contributed by atoms with Gasteiger partial charge in [-0.1, -0.05) is 17.7 Å². The highest BCUT2D eigenvalue weighted by molar-refractivity contribution is 6.30. The monoisotopic (exact) mass is 457 g/mol. The maximum absolute atomic E-state index is 13.7. The normalized spacial score (nSPS) is 10.4. The van der Waals surface area contributed by atoms with Gasteiger partial charge in [-0.3, -0.25) is 19.9 Å². The van der Waals surface area contributed by atoms with Crippen LogP contribution in [0.2, 0.25) is 5.02 Å². The minimum atomic E-state index is -0.686. The molecule has 0 saturated heterocycles. The van der Waals surface area contributed by atoms with Crippen molar-refractivity contribution < 1.29 is 23.9 Å². The molecule has 32 heavy (non-hydrogen) atoms. The molecule has 2 aromatic carbocycles. The molecule has 0 spiro atoms. The number of methoxy groups -OCH3 is 3. The summed E-state index contributed by atoms with van der Waals surface area (Å²) < 4.78 is 15.8. The second-order valence-corrected chi connectivity index (χ2v) is 6.92. The Balaban J connectivity index is 2.21. The van der Waals surface area contributed by atoms with Crippen molar-refractivity contribution in [1.82, 2.24) is 4.98 Å². The van der Waals surface area contributed by atoms with Crippen LogP contribution >= 0.6 is 11.6 Å². The van der Waals surface area contributed by atoms with Crippen molar-refractivity contribution in [1.29, 1.82) is 0 Å². The number of amides is 1. The number of hydrogen-bond donors (Lipinski definition) is 0. The third kappa shape index (κ3) is 4.57. The van der Waals surface area contributed by atoms with E-state index in [0.29, 0.717) is 16.4 Å². The maximum atomic E-state index is 13.7. The fourth-order valence-corrected chi connectivity index (χ4v) is 3.31. The van der Waals surface area contributed by atoms with Gasteiger partial charge in [0.2, 0.25) is 11.5 Å². The van der Waals surface area contributed by atoms with Gasteiger partial charge in [0.1, 0.15) is 5.56 Å². The van der Waals surface area contributed by atoms with Crippen LogP contribution in [0.5, 0.6) is 17.2 Å². The second kappa shape index (κ2) is 9.97. The van der Waals surface area contributed by atoms with E-state index in [2.05, 4.69) is 4.98 Å². The van der Waals surface area contributed by atoms with Gasteiger partial charge in [0, 0.05) is 23.0 Å². The lowest BCUT2D eigenvalue weighted by Gasteiger charge is -2.24. The van der Waals surface area contributed by atoms with E-state index in [1.54, 1.807) is 48.7 Å². The Bertz CT molecular complexity index is 1120. The molecule has 1 amide bonds. The highest BCUT2D eigenvalue weighted by atomic mass is 35.5. The van der Waals surface area contributed by atoms with Crippen LogP contribution in [0.4, 0.5) is 11.4 Å². The van der Waals surface area contributed by atoms with E-state index in [1.165, 1.54) is 32.3 Å². The van der Waals surface area contributed by atoms with E-state index in [1.807, 2.05) is 0 Å². The van der Waals surface area contributed by atoms with Crippen LogP contribution in [0.25, 0.3) is 0 Å². The van der Waals surface area contributed by atoms with E-state index < -0.39 is 16.5 Å². The number of nitro groups is 1. The molecule has 166 valence electrons. The molecule has 9 nitrogen and oxygen atoms in total. The molecular weight excluding hydrogens is 438 g/mol. The summed E-state index contributed by atoms with van der Waals surface area (Å²) in [5.41, 5.74) is 0.310. The number of benzene rings is 2. The number of rotatable bonds is 8. The third-order valence-electron chi connectivity index (χ3n) is 4.65. The molecular formula is C22H20ClN3O6. The van der Waals surface area contributed by atoms with Crippen LogP contribution in [0, 0.1) is 10.1 Å². The van der Waals surface area contributed by atoms with Gasteiger partial charge >= 0.3 is 5.69 Å². The molecule has 3 rings (SSSR count). The number of aromatic nitrogens is 1. The van der Waals surface area contributed by atoms with Crippen molar-refractivity contribution >= 4 is 28.9 Å². The number of nitro benzene ring substituents is 1. The van der Waals surface area contributed by atoms with Gasteiger partial charge in [-0.25, -0.2) is 0 Å². The van der Waals surface area contributed by atoms with Crippen molar-refractivity contribution in [2.45, 2.75) is 6.54 Å². The van der Waals surface area contributed by atoms with Crippen LogP contribution in [0.15, 0.2) is 54.7 Å². The zero-order valence-corrected chi connectivity index (χ0v) is 18.3. The lowest BCUT2D eigenvalue weighted by atomic mass is 10.1. The lowest BCUT2D eigenvalue weighted by molar-refractivity contribution is -0.386. The summed E-state index contributed by atoms with van der Waals surface area (Å²) in [5.74, 6) is -0.730. The first kappa shape index (κ1) is 22.8. The number of hydrogen-bond acceptors (Lipinski definition) is 7. The number of carbonyl (C=O) groups is 1. The van der Waals surface area contributed by atoms with Gasteiger partial charge in [0.15, 0.2) is 5.75 Å². The number of nitrogens with zero attached hydrogens (tertiary/aromatic N) is 3. The smallest absolute Gasteiger partial charge is 0.327 e. The average Bonchev–Trinajstić information content (AvgIpc) is 2.81. The Morgan fingerprint density at radius 1 is 1.06 bits per heavy atom. The standard InChI is InChI=1S/C22H20ClN3O6/c1-30-18-12-17(19(26(28)29)21(32-3)20(18)31-2)22(27)25(13-15-6-4-5-11-24-15)16-9-7-14(23)8-10-16/h4-12H,13H2,1-3H3. The minimum Gasteiger partial charge on any atom is -0.493 e. The Morgan fingerprint density at radius 3 is 2.28 bits per heavy atom. The number of carbonyl (C=O) groups excluding carboxylic acids is 1. The van der Waals surface area contributed by atoms with Gasteiger partial charge in [-0.2, -0.15) is 0 Å². The largest absolute Gasteiger partial charge is 0.493 e. The molecule has 0 radical (unpaired) electrons. The van der Waals surface area contributed by atoms with Crippen LogP contribution < -0.4 is 19.1 Å². The van der Waals surface area contributed by atoms with Gasteiger partial charge in [-0.15, -0.1) is 0 Å². The van der Waals surface area contributed by atoms with Crippen molar-refractivity contribution in [2.75, 3.05) is 26.2 Å². The highest BCUT2D eigenvalue weighted by Gasteiger charge is 2.35. The fourth-order valence-electron chi connectivity index (χ4n) is 3.19. The van der Waals surface area contributed by atoms with Gasteiger partial charge in [-0.05, 0) is 36.4 Å². The van der Waals surface area contributed by atoms with Crippen LogP contribution in [0.1, 0.15) is 16.1 Å². The van der Waals surface area contributed by atoms with E-state index in [0.717, 1.165) is 0 Å².